The molecule has 2 aromatic rings. The smallest absolute Gasteiger partial charge is 0.271 e. The van der Waals surface area contributed by atoms with Gasteiger partial charge in [0.05, 0.1) is 26.1 Å². The van der Waals surface area contributed by atoms with Crippen molar-refractivity contribution in [1.82, 2.24) is 4.31 Å². The van der Waals surface area contributed by atoms with Crippen LogP contribution in [0.2, 0.25) is 5.02 Å². The van der Waals surface area contributed by atoms with Crippen molar-refractivity contribution in [3.63, 3.8) is 0 Å². The van der Waals surface area contributed by atoms with Gasteiger partial charge in [0, 0.05) is 25.2 Å². The van der Waals surface area contributed by atoms with E-state index in [1.54, 1.807) is 6.92 Å². The van der Waals surface area contributed by atoms with Crippen molar-refractivity contribution in [3.8, 4) is 0 Å². The minimum Gasteiger partial charge on any atom is -0.321 e. The van der Waals surface area contributed by atoms with Crippen LogP contribution in [0.5, 0.6) is 0 Å². The Kier molecular flexibility index (Phi) is 6.44. The molecule has 1 aliphatic heterocycles. The summed E-state index contributed by atoms with van der Waals surface area (Å²) in [6, 6.07) is 8.11. The van der Waals surface area contributed by atoms with Gasteiger partial charge >= 0.3 is 0 Å². The van der Waals surface area contributed by atoms with Crippen LogP contribution in [0.25, 0.3) is 0 Å². The van der Waals surface area contributed by atoms with Crippen LogP contribution in [0.4, 0.5) is 11.4 Å². The van der Waals surface area contributed by atoms with Gasteiger partial charge in [-0.05, 0) is 49.4 Å². The third kappa shape index (κ3) is 4.63. The number of sulfonamides is 1. The van der Waals surface area contributed by atoms with Crippen molar-refractivity contribution in [2.24, 2.45) is 5.92 Å². The molecule has 1 aliphatic rings. The first-order chi connectivity index (χ1) is 14.1. The van der Waals surface area contributed by atoms with Crippen molar-refractivity contribution < 1.29 is 18.1 Å². The molecule has 1 fully saturated rings. The monoisotopic (exact) mass is 451 g/mol. The molecule has 30 heavy (non-hydrogen) atoms. The number of nitrogens with zero attached hydrogens (tertiary/aromatic N) is 2. The Morgan fingerprint density at radius 3 is 2.50 bits per heavy atom. The SMILES string of the molecule is Cc1ccc([N+](=O)[O-])cc1NC(=O)c1cc(S(=O)(=O)N2CCC(C)CC2)ccc1Cl. The predicted molar refractivity (Wildman–Crippen MR) is 114 cm³/mol. The topological polar surface area (TPSA) is 110 Å². The van der Waals surface area contributed by atoms with Gasteiger partial charge in [-0.2, -0.15) is 4.31 Å². The van der Waals surface area contributed by atoms with Crippen molar-refractivity contribution in [3.05, 3.63) is 62.7 Å². The summed E-state index contributed by atoms with van der Waals surface area (Å²) in [6.07, 6.45) is 1.57. The van der Waals surface area contributed by atoms with E-state index in [0.717, 1.165) is 12.8 Å². The third-order valence-electron chi connectivity index (χ3n) is 5.24. The van der Waals surface area contributed by atoms with E-state index >= 15 is 0 Å². The number of rotatable bonds is 5. The van der Waals surface area contributed by atoms with E-state index in [4.69, 9.17) is 11.6 Å². The standard InChI is InChI=1S/C20H22ClN3O5S/c1-13-7-9-23(10-8-13)30(28,29)16-5-6-18(21)17(12-16)20(25)22-19-11-15(24(26)27)4-3-14(19)2/h3-6,11-13H,7-10H2,1-2H3,(H,22,25). The Bertz CT molecular complexity index is 1100. The molecule has 8 nitrogen and oxygen atoms in total. The highest BCUT2D eigenvalue weighted by Gasteiger charge is 2.29. The van der Waals surface area contributed by atoms with Crippen LogP contribution in [0.3, 0.4) is 0 Å². The zero-order valence-electron chi connectivity index (χ0n) is 16.6. The number of non-ortho nitro benzene ring substituents is 1. The fourth-order valence-corrected chi connectivity index (χ4v) is 4.96. The van der Waals surface area contributed by atoms with Gasteiger partial charge < -0.3 is 5.32 Å². The number of benzene rings is 2. The maximum Gasteiger partial charge on any atom is 0.271 e. The van der Waals surface area contributed by atoms with Gasteiger partial charge in [0.1, 0.15) is 0 Å². The van der Waals surface area contributed by atoms with Crippen LogP contribution >= 0.6 is 11.6 Å². The average Bonchev–Trinajstić information content (AvgIpc) is 2.69. The fourth-order valence-electron chi connectivity index (χ4n) is 3.26. The van der Waals surface area contributed by atoms with E-state index in [1.807, 2.05) is 0 Å². The van der Waals surface area contributed by atoms with E-state index < -0.39 is 20.9 Å². The Morgan fingerprint density at radius 1 is 1.20 bits per heavy atom. The predicted octanol–water partition coefficient (Wildman–Crippen LogP) is 4.23. The van der Waals surface area contributed by atoms with E-state index in [2.05, 4.69) is 12.2 Å². The van der Waals surface area contributed by atoms with Crippen LogP contribution in [0, 0.1) is 23.0 Å². The van der Waals surface area contributed by atoms with E-state index in [0.29, 0.717) is 24.6 Å². The van der Waals surface area contributed by atoms with Crippen LogP contribution in [0.1, 0.15) is 35.7 Å². The maximum atomic E-state index is 13.0. The van der Waals surface area contributed by atoms with Crippen LogP contribution in [-0.4, -0.2) is 36.6 Å². The molecule has 1 amide bonds. The van der Waals surface area contributed by atoms with Crippen molar-refractivity contribution in [1.29, 1.82) is 0 Å². The maximum absolute atomic E-state index is 13.0. The molecule has 3 rings (SSSR count). The van der Waals surface area contributed by atoms with Crippen LogP contribution in [-0.2, 0) is 10.0 Å². The molecule has 160 valence electrons. The van der Waals surface area contributed by atoms with Gasteiger partial charge in [0.15, 0.2) is 0 Å². The summed E-state index contributed by atoms with van der Waals surface area (Å²) in [5.41, 5.74) is 0.687. The Hall–Kier alpha value is -2.49. The van der Waals surface area contributed by atoms with Gasteiger partial charge in [0.25, 0.3) is 11.6 Å². The number of anilines is 1. The Labute approximate surface area is 180 Å². The number of carbonyl (C=O) groups is 1. The van der Waals surface area contributed by atoms with E-state index in [9.17, 15) is 23.3 Å². The number of nitrogens with one attached hydrogen (secondary N) is 1. The number of carbonyl (C=O) groups excluding carboxylic acids is 1. The molecule has 0 bridgehead atoms. The van der Waals surface area contributed by atoms with E-state index in [1.165, 1.54) is 40.7 Å². The summed E-state index contributed by atoms with van der Waals surface area (Å²) in [5.74, 6) is -0.172. The number of nitro benzene ring substituents is 1. The second-order valence-electron chi connectivity index (χ2n) is 7.44. The molecule has 0 unspecified atom stereocenters. The molecular weight excluding hydrogens is 430 g/mol. The molecule has 1 saturated heterocycles. The van der Waals surface area contributed by atoms with E-state index in [-0.39, 0.29) is 26.9 Å². The summed E-state index contributed by atoms with van der Waals surface area (Å²) in [5, 5.41) is 13.7. The fraction of sp³-hybridized carbons (Fsp3) is 0.350. The number of hydrogen-bond acceptors (Lipinski definition) is 5. The summed E-state index contributed by atoms with van der Waals surface area (Å²) >= 11 is 6.16. The molecule has 1 heterocycles. The molecule has 0 spiro atoms. The zero-order chi connectivity index (χ0) is 22.1. The van der Waals surface area contributed by atoms with Crippen molar-refractivity contribution >= 4 is 38.9 Å². The van der Waals surface area contributed by atoms with Gasteiger partial charge in [-0.3, -0.25) is 14.9 Å². The number of piperidine rings is 1. The lowest BCUT2D eigenvalue weighted by Crippen LogP contribution is -2.37. The lowest BCUT2D eigenvalue weighted by Gasteiger charge is -2.29. The summed E-state index contributed by atoms with van der Waals surface area (Å²) in [7, 11) is -3.75. The Balaban J connectivity index is 1.89. The van der Waals surface area contributed by atoms with Gasteiger partial charge in [-0.15, -0.1) is 0 Å². The quantitative estimate of drug-likeness (QED) is 0.540. The first kappa shape index (κ1) is 22.2. The molecule has 0 saturated carbocycles. The highest BCUT2D eigenvalue weighted by atomic mass is 35.5. The molecule has 10 heteroatoms. The lowest BCUT2D eigenvalue weighted by atomic mass is 10.0. The van der Waals surface area contributed by atoms with Crippen molar-refractivity contribution in [2.75, 3.05) is 18.4 Å². The van der Waals surface area contributed by atoms with Gasteiger partial charge in [-0.25, -0.2) is 8.42 Å². The molecule has 1 N–H and O–H groups in total. The van der Waals surface area contributed by atoms with Crippen LogP contribution in [0.15, 0.2) is 41.3 Å². The van der Waals surface area contributed by atoms with Gasteiger partial charge in [0.2, 0.25) is 10.0 Å². The van der Waals surface area contributed by atoms with Gasteiger partial charge in [-0.1, -0.05) is 24.6 Å². The number of hydrogen-bond donors (Lipinski definition) is 1. The highest BCUT2D eigenvalue weighted by molar-refractivity contribution is 7.89. The number of aryl methyl sites for hydroxylation is 1. The summed E-state index contributed by atoms with van der Waals surface area (Å²) in [6.45, 7) is 4.64. The molecular formula is C20H22ClN3O5S. The highest BCUT2D eigenvalue weighted by Crippen LogP contribution is 2.28. The van der Waals surface area contributed by atoms with Crippen LogP contribution < -0.4 is 5.32 Å². The third-order valence-corrected chi connectivity index (χ3v) is 7.47. The Morgan fingerprint density at radius 2 is 1.87 bits per heavy atom. The first-order valence-electron chi connectivity index (χ1n) is 9.45. The summed E-state index contributed by atoms with van der Waals surface area (Å²) < 4.78 is 27.4. The number of amides is 1. The number of halogens is 1. The minimum absolute atomic E-state index is 0.0117. The molecule has 2 aromatic carbocycles. The lowest BCUT2D eigenvalue weighted by molar-refractivity contribution is -0.384. The molecule has 0 aliphatic carbocycles. The first-order valence-corrected chi connectivity index (χ1v) is 11.3. The molecule has 0 radical (unpaired) electrons. The normalized spacial score (nSPS) is 15.7. The average molecular weight is 452 g/mol. The second kappa shape index (κ2) is 8.71. The largest absolute Gasteiger partial charge is 0.321 e. The summed E-state index contributed by atoms with van der Waals surface area (Å²) in [4.78, 5) is 23.2. The molecule has 0 atom stereocenters. The van der Waals surface area contributed by atoms with Crippen molar-refractivity contribution in [2.45, 2.75) is 31.6 Å². The zero-order valence-corrected chi connectivity index (χ0v) is 18.2. The minimum atomic E-state index is -3.75. The molecule has 0 aromatic heterocycles. The number of nitro groups is 1. The second-order valence-corrected chi connectivity index (χ2v) is 9.78.